The molecule has 0 radical (unpaired) electrons. The molecule has 0 aliphatic carbocycles. The molecule has 0 saturated carbocycles. The number of anilines is 1. The van der Waals surface area contributed by atoms with Crippen molar-refractivity contribution < 1.29 is 32.2 Å². The Balaban J connectivity index is 2.07. The molecule has 0 aliphatic rings. The fourth-order valence-electron chi connectivity index (χ4n) is 4.70. The fourth-order valence-corrected chi connectivity index (χ4v) is 6.13. The Morgan fingerprint density at radius 3 is 2.09 bits per heavy atom. The van der Waals surface area contributed by atoms with Gasteiger partial charge in [0.2, 0.25) is 11.8 Å². The zero-order valence-electron chi connectivity index (χ0n) is 26.3. The van der Waals surface area contributed by atoms with Gasteiger partial charge in [0.15, 0.2) is 11.5 Å². The highest BCUT2D eigenvalue weighted by molar-refractivity contribution is 7.92. The smallest absolute Gasteiger partial charge is 0.264 e. The maximum Gasteiger partial charge on any atom is 0.264 e. The molecule has 0 bridgehead atoms. The Kier molecular flexibility index (Phi) is 12.5. The van der Waals surface area contributed by atoms with Gasteiger partial charge in [0.25, 0.3) is 10.0 Å². The molecule has 0 spiro atoms. The van der Waals surface area contributed by atoms with Crippen LogP contribution in [0.2, 0.25) is 0 Å². The first-order valence-corrected chi connectivity index (χ1v) is 16.0. The van der Waals surface area contributed by atoms with E-state index in [-0.39, 0.29) is 23.1 Å². The number of benzene rings is 3. The second kappa shape index (κ2) is 16.0. The molecular formula is C33H43N3O7S. The first kappa shape index (κ1) is 34.2. The van der Waals surface area contributed by atoms with Crippen molar-refractivity contribution in [2.75, 3.05) is 38.7 Å². The number of nitrogens with one attached hydrogen (secondary N) is 1. The SMILES string of the molecule is CCCCNC(=O)C(CC)N(Cc1ccc(OC)cc1)C(=O)CN(c1ccc(C)cc1)S(=O)(=O)c1ccc(OC)c(OC)c1. The molecule has 0 saturated heterocycles. The highest BCUT2D eigenvalue weighted by atomic mass is 32.2. The van der Waals surface area contributed by atoms with Gasteiger partial charge in [0.05, 0.1) is 31.9 Å². The molecule has 1 N–H and O–H groups in total. The molecule has 1 unspecified atom stereocenters. The molecule has 3 rings (SSSR count). The van der Waals surface area contributed by atoms with E-state index in [1.54, 1.807) is 43.5 Å². The lowest BCUT2D eigenvalue weighted by atomic mass is 10.1. The van der Waals surface area contributed by atoms with Gasteiger partial charge in [-0.25, -0.2) is 8.42 Å². The highest BCUT2D eigenvalue weighted by Gasteiger charge is 2.34. The molecular weight excluding hydrogens is 582 g/mol. The van der Waals surface area contributed by atoms with Gasteiger partial charge in [0, 0.05) is 19.2 Å². The van der Waals surface area contributed by atoms with Crippen LogP contribution in [0, 0.1) is 6.92 Å². The van der Waals surface area contributed by atoms with Gasteiger partial charge in [-0.2, -0.15) is 0 Å². The molecule has 238 valence electrons. The predicted octanol–water partition coefficient (Wildman–Crippen LogP) is 4.94. The van der Waals surface area contributed by atoms with E-state index >= 15 is 0 Å². The third kappa shape index (κ3) is 8.43. The summed E-state index contributed by atoms with van der Waals surface area (Å²) in [6.07, 6.45) is 2.05. The minimum absolute atomic E-state index is 0.0745. The molecule has 1 atom stereocenters. The standard InChI is InChI=1S/C33H43N3O7S/c1-7-9-20-34-33(38)29(8-2)35(22-25-12-16-27(41-4)17-13-25)32(37)23-36(26-14-10-24(3)11-15-26)44(39,40)28-18-19-30(42-5)31(21-28)43-6/h10-19,21,29H,7-9,20,22-23H2,1-6H3,(H,34,38). The van der Waals surface area contributed by atoms with Crippen molar-refractivity contribution in [3.8, 4) is 17.2 Å². The number of methoxy groups -OCH3 is 3. The number of amides is 2. The van der Waals surface area contributed by atoms with Crippen molar-refractivity contribution in [3.05, 3.63) is 77.9 Å². The predicted molar refractivity (Wildman–Crippen MR) is 171 cm³/mol. The topological polar surface area (TPSA) is 114 Å². The van der Waals surface area contributed by atoms with Crippen molar-refractivity contribution in [1.29, 1.82) is 0 Å². The normalized spacial score (nSPS) is 11.8. The zero-order valence-corrected chi connectivity index (χ0v) is 27.1. The van der Waals surface area contributed by atoms with Crippen LogP contribution in [0.3, 0.4) is 0 Å². The van der Waals surface area contributed by atoms with Crippen LogP contribution in [0.1, 0.15) is 44.2 Å². The second-order valence-electron chi connectivity index (χ2n) is 10.3. The van der Waals surface area contributed by atoms with Gasteiger partial charge in [0.1, 0.15) is 18.3 Å². The van der Waals surface area contributed by atoms with E-state index in [4.69, 9.17) is 14.2 Å². The van der Waals surface area contributed by atoms with Crippen LogP contribution in [0.4, 0.5) is 5.69 Å². The van der Waals surface area contributed by atoms with Crippen LogP contribution in [-0.4, -0.2) is 65.6 Å². The molecule has 3 aromatic carbocycles. The largest absolute Gasteiger partial charge is 0.497 e. The van der Waals surface area contributed by atoms with Crippen LogP contribution >= 0.6 is 0 Å². The Hall–Kier alpha value is -4.25. The number of aryl methyl sites for hydroxylation is 1. The number of nitrogens with zero attached hydrogens (tertiary/aromatic N) is 2. The summed E-state index contributed by atoms with van der Waals surface area (Å²) in [5.74, 6) is 0.451. The minimum atomic E-state index is -4.27. The van der Waals surface area contributed by atoms with E-state index in [1.807, 2.05) is 32.9 Å². The van der Waals surface area contributed by atoms with Crippen LogP contribution in [0.15, 0.2) is 71.6 Å². The molecule has 0 fully saturated rings. The summed E-state index contributed by atoms with van der Waals surface area (Å²) < 4.78 is 45.3. The minimum Gasteiger partial charge on any atom is -0.497 e. The molecule has 0 aromatic heterocycles. The molecule has 2 amide bonds. The Bertz CT molecular complexity index is 1490. The summed E-state index contributed by atoms with van der Waals surface area (Å²) in [6, 6.07) is 17.5. The average Bonchev–Trinajstić information content (AvgIpc) is 3.03. The second-order valence-corrected chi connectivity index (χ2v) is 12.2. The maximum atomic E-state index is 14.2. The van der Waals surface area contributed by atoms with E-state index in [0.717, 1.165) is 28.3 Å². The van der Waals surface area contributed by atoms with Gasteiger partial charge in [-0.1, -0.05) is 50.1 Å². The molecule has 10 nitrogen and oxygen atoms in total. The Morgan fingerprint density at radius 1 is 0.864 bits per heavy atom. The number of carbonyl (C=O) groups is 2. The lowest BCUT2D eigenvalue weighted by molar-refractivity contribution is -0.140. The number of sulfonamides is 1. The van der Waals surface area contributed by atoms with Crippen molar-refractivity contribution in [1.82, 2.24) is 10.2 Å². The lowest BCUT2D eigenvalue weighted by Gasteiger charge is -2.33. The summed E-state index contributed by atoms with van der Waals surface area (Å²) in [5.41, 5.74) is 2.01. The first-order valence-electron chi connectivity index (χ1n) is 14.6. The van der Waals surface area contributed by atoms with Crippen molar-refractivity contribution in [2.45, 2.75) is 57.5 Å². The zero-order chi connectivity index (χ0) is 32.3. The van der Waals surface area contributed by atoms with Crippen molar-refractivity contribution in [3.63, 3.8) is 0 Å². The van der Waals surface area contributed by atoms with E-state index in [0.29, 0.717) is 30.2 Å². The Morgan fingerprint density at radius 2 is 1.52 bits per heavy atom. The van der Waals surface area contributed by atoms with Gasteiger partial charge in [-0.3, -0.25) is 13.9 Å². The van der Waals surface area contributed by atoms with Crippen LogP contribution in [0.5, 0.6) is 17.2 Å². The summed E-state index contributed by atoms with van der Waals surface area (Å²) in [4.78, 5) is 29.0. The average molecular weight is 626 g/mol. The first-order chi connectivity index (χ1) is 21.1. The lowest BCUT2D eigenvalue weighted by Crippen LogP contribution is -2.52. The van der Waals surface area contributed by atoms with Crippen LogP contribution < -0.4 is 23.8 Å². The number of hydrogen-bond acceptors (Lipinski definition) is 7. The van der Waals surface area contributed by atoms with Crippen molar-refractivity contribution in [2.24, 2.45) is 0 Å². The maximum absolute atomic E-state index is 14.2. The fraction of sp³-hybridized carbons (Fsp3) is 0.394. The van der Waals surface area contributed by atoms with Gasteiger partial charge in [-0.05, 0) is 61.7 Å². The van der Waals surface area contributed by atoms with E-state index in [2.05, 4.69) is 5.32 Å². The van der Waals surface area contributed by atoms with Gasteiger partial charge < -0.3 is 24.4 Å². The summed E-state index contributed by atoms with van der Waals surface area (Å²) in [5, 5.41) is 2.93. The third-order valence-corrected chi connectivity index (χ3v) is 9.04. The quantitative estimate of drug-likeness (QED) is 0.224. The van der Waals surface area contributed by atoms with Crippen LogP contribution in [-0.2, 0) is 26.2 Å². The monoisotopic (exact) mass is 625 g/mol. The number of rotatable bonds is 16. The third-order valence-electron chi connectivity index (χ3n) is 7.27. The van der Waals surface area contributed by atoms with Crippen molar-refractivity contribution >= 4 is 27.5 Å². The summed E-state index contributed by atoms with van der Waals surface area (Å²) in [7, 11) is 0.176. The van der Waals surface area contributed by atoms with E-state index < -0.39 is 28.5 Å². The van der Waals surface area contributed by atoms with Gasteiger partial charge >= 0.3 is 0 Å². The number of hydrogen-bond donors (Lipinski definition) is 1. The van der Waals surface area contributed by atoms with Gasteiger partial charge in [-0.15, -0.1) is 0 Å². The van der Waals surface area contributed by atoms with Crippen LogP contribution in [0.25, 0.3) is 0 Å². The summed E-state index contributed by atoms with van der Waals surface area (Å²) >= 11 is 0. The summed E-state index contributed by atoms with van der Waals surface area (Å²) in [6.45, 7) is 5.80. The number of carbonyl (C=O) groups excluding carboxylic acids is 2. The Labute approximate surface area is 261 Å². The highest BCUT2D eigenvalue weighted by Crippen LogP contribution is 2.32. The van der Waals surface area contributed by atoms with E-state index in [1.165, 1.54) is 37.3 Å². The molecule has 3 aromatic rings. The van der Waals surface area contributed by atoms with E-state index in [9.17, 15) is 18.0 Å². The molecule has 0 heterocycles. The molecule has 44 heavy (non-hydrogen) atoms. The molecule has 0 aliphatic heterocycles. The molecule has 11 heteroatoms. The number of ether oxygens (including phenoxy) is 3. The number of unbranched alkanes of at least 4 members (excludes halogenated alkanes) is 1.